The molecule has 0 radical (unpaired) electrons. The van der Waals surface area contributed by atoms with E-state index in [9.17, 15) is 10.1 Å². The molecule has 4 nitrogen and oxygen atoms in total. The van der Waals surface area contributed by atoms with Crippen molar-refractivity contribution in [2.45, 2.75) is 45.6 Å². The van der Waals surface area contributed by atoms with Gasteiger partial charge in [0, 0.05) is 18.1 Å². The lowest BCUT2D eigenvalue weighted by atomic mass is 9.66. The first kappa shape index (κ1) is 16.4. The maximum atomic E-state index is 10.8. The van der Waals surface area contributed by atoms with Gasteiger partial charge in [-0.1, -0.05) is 30.7 Å². The minimum absolute atomic E-state index is 0.0937. The average Bonchev–Trinajstić information content (AvgIpc) is 3.13. The fraction of sp³-hybridized carbons (Fsp3) is 0.524. The third kappa shape index (κ3) is 2.59. The zero-order chi connectivity index (χ0) is 17.8. The van der Waals surface area contributed by atoms with E-state index in [1.807, 2.05) is 0 Å². The first-order valence-corrected chi connectivity index (χ1v) is 9.13. The molecular weight excluding hydrogens is 314 g/mol. The highest BCUT2D eigenvalue weighted by molar-refractivity contribution is 5.38. The van der Waals surface area contributed by atoms with Crippen LogP contribution in [-0.2, 0) is 0 Å². The number of rotatable bonds is 4. The average molecular weight is 339 g/mol. The van der Waals surface area contributed by atoms with Gasteiger partial charge in [-0.2, -0.15) is 0 Å². The molecule has 25 heavy (non-hydrogen) atoms. The normalized spacial score (nSPS) is 33.1. The molecule has 0 unspecified atom stereocenters. The second-order valence-corrected chi connectivity index (χ2v) is 8.48. The van der Waals surface area contributed by atoms with E-state index >= 15 is 0 Å². The molecule has 3 aliphatic rings. The smallest absolute Gasteiger partial charge is 0.269 e. The molecule has 0 saturated heterocycles. The van der Waals surface area contributed by atoms with E-state index in [2.05, 4.69) is 39.0 Å². The van der Waals surface area contributed by atoms with Crippen LogP contribution in [0.4, 0.5) is 5.69 Å². The Bertz CT molecular complexity index is 762. The number of non-ortho nitro benzene ring substituents is 1. The van der Waals surface area contributed by atoms with Crippen LogP contribution in [0.25, 0.3) is 0 Å². The number of nitro groups is 1. The van der Waals surface area contributed by atoms with Crippen molar-refractivity contribution < 1.29 is 9.66 Å². The molecule has 2 bridgehead atoms. The van der Waals surface area contributed by atoms with Gasteiger partial charge in [-0.3, -0.25) is 10.1 Å². The van der Waals surface area contributed by atoms with Crippen molar-refractivity contribution in [3.8, 4) is 5.75 Å². The second kappa shape index (κ2) is 5.45. The van der Waals surface area contributed by atoms with E-state index in [-0.39, 0.29) is 21.6 Å². The summed E-state index contributed by atoms with van der Waals surface area (Å²) in [6, 6.07) is 6.42. The molecule has 0 aliphatic heterocycles. The Hall–Kier alpha value is -2.10. The third-order valence-electron chi connectivity index (χ3n) is 6.58. The number of hydrogen-bond acceptors (Lipinski definition) is 3. The molecular formula is C21H25NO3. The first-order chi connectivity index (χ1) is 11.8. The maximum absolute atomic E-state index is 10.8. The summed E-state index contributed by atoms with van der Waals surface area (Å²) in [6.45, 7) is 6.71. The van der Waals surface area contributed by atoms with Crippen molar-refractivity contribution in [1.82, 2.24) is 0 Å². The van der Waals surface area contributed by atoms with E-state index < -0.39 is 0 Å². The molecule has 1 saturated carbocycles. The predicted molar refractivity (Wildman–Crippen MR) is 97.5 cm³/mol. The molecule has 0 amide bonds. The Kier molecular flexibility index (Phi) is 3.57. The molecule has 4 heteroatoms. The predicted octanol–water partition coefficient (Wildman–Crippen LogP) is 5.30. The molecule has 4 atom stereocenters. The summed E-state index contributed by atoms with van der Waals surface area (Å²) in [5.74, 6) is 2.33. The Morgan fingerprint density at radius 3 is 2.64 bits per heavy atom. The molecule has 1 fully saturated rings. The van der Waals surface area contributed by atoms with Crippen molar-refractivity contribution in [3.05, 3.63) is 58.2 Å². The summed E-state index contributed by atoms with van der Waals surface area (Å²) in [6.07, 6.45) is 10.9. The zero-order valence-electron chi connectivity index (χ0n) is 15.1. The van der Waals surface area contributed by atoms with Crippen LogP contribution in [0.1, 0.15) is 40.0 Å². The van der Waals surface area contributed by atoms with Crippen LogP contribution in [0, 0.1) is 33.3 Å². The number of nitro benzene ring substituents is 1. The van der Waals surface area contributed by atoms with E-state index in [0.717, 1.165) is 6.42 Å². The lowest BCUT2D eigenvalue weighted by molar-refractivity contribution is -0.384. The van der Waals surface area contributed by atoms with Gasteiger partial charge >= 0.3 is 0 Å². The van der Waals surface area contributed by atoms with Gasteiger partial charge < -0.3 is 4.74 Å². The van der Waals surface area contributed by atoms with E-state index in [4.69, 9.17) is 4.74 Å². The summed E-state index contributed by atoms with van der Waals surface area (Å²) in [5.41, 5.74) is 1.59. The molecule has 0 aromatic heterocycles. The molecule has 132 valence electrons. The summed E-state index contributed by atoms with van der Waals surface area (Å²) < 4.78 is 6.32. The third-order valence-corrected chi connectivity index (χ3v) is 6.58. The largest absolute Gasteiger partial charge is 0.487 e. The molecule has 1 aromatic carbocycles. The summed E-state index contributed by atoms with van der Waals surface area (Å²) in [7, 11) is 0. The number of hydrogen-bond donors (Lipinski definition) is 0. The van der Waals surface area contributed by atoms with Crippen LogP contribution in [0.5, 0.6) is 5.75 Å². The first-order valence-electron chi connectivity index (χ1n) is 9.13. The van der Waals surface area contributed by atoms with Gasteiger partial charge in [0.25, 0.3) is 5.69 Å². The summed E-state index contributed by atoms with van der Waals surface area (Å²) in [4.78, 5) is 10.4. The van der Waals surface area contributed by atoms with Gasteiger partial charge in [0.2, 0.25) is 0 Å². The van der Waals surface area contributed by atoms with Gasteiger partial charge in [-0.15, -0.1) is 0 Å². The number of fused-ring (bicyclic) bond motifs is 4. The highest BCUT2D eigenvalue weighted by Crippen LogP contribution is 2.60. The van der Waals surface area contributed by atoms with Crippen LogP contribution < -0.4 is 4.74 Å². The molecule has 1 aromatic rings. The minimum Gasteiger partial charge on any atom is -0.487 e. The highest BCUT2D eigenvalue weighted by Gasteiger charge is 2.53. The van der Waals surface area contributed by atoms with Gasteiger partial charge in [-0.25, -0.2) is 0 Å². The van der Waals surface area contributed by atoms with Gasteiger partial charge in [-0.05, 0) is 62.5 Å². The monoisotopic (exact) mass is 339 g/mol. The van der Waals surface area contributed by atoms with Crippen molar-refractivity contribution in [2.24, 2.45) is 23.2 Å². The summed E-state index contributed by atoms with van der Waals surface area (Å²) in [5, 5.41) is 10.8. The Morgan fingerprint density at radius 2 is 1.96 bits per heavy atom. The fourth-order valence-electron chi connectivity index (χ4n) is 5.13. The number of ether oxygens (including phenoxy) is 1. The minimum atomic E-state index is -0.382. The van der Waals surface area contributed by atoms with Crippen molar-refractivity contribution in [2.75, 3.05) is 0 Å². The molecule has 0 heterocycles. The molecule has 0 N–H and O–H groups in total. The van der Waals surface area contributed by atoms with E-state index in [1.54, 1.807) is 17.7 Å². The SMILES string of the molecule is CC(C)(Oc1ccc([N+](=O)[O-])cc1)[C@H]1CC[C@@]2(C)C1=C[C@H]1C=C[C@@H]2C1. The zero-order valence-corrected chi connectivity index (χ0v) is 15.1. The lowest BCUT2D eigenvalue weighted by Crippen LogP contribution is -2.40. The topological polar surface area (TPSA) is 52.4 Å². The number of benzene rings is 1. The van der Waals surface area contributed by atoms with E-state index in [0.29, 0.717) is 23.5 Å². The Labute approximate surface area is 148 Å². The van der Waals surface area contributed by atoms with Crippen molar-refractivity contribution >= 4 is 5.69 Å². The van der Waals surface area contributed by atoms with Gasteiger partial charge in [0.1, 0.15) is 11.4 Å². The van der Waals surface area contributed by atoms with Crippen LogP contribution in [0.15, 0.2) is 48.1 Å². The highest BCUT2D eigenvalue weighted by atomic mass is 16.6. The van der Waals surface area contributed by atoms with Crippen LogP contribution in [0.2, 0.25) is 0 Å². The number of nitrogens with zero attached hydrogens (tertiary/aromatic N) is 1. The Morgan fingerprint density at radius 1 is 1.24 bits per heavy atom. The van der Waals surface area contributed by atoms with Gasteiger partial charge in [0.15, 0.2) is 0 Å². The van der Waals surface area contributed by atoms with Gasteiger partial charge in [0.05, 0.1) is 4.92 Å². The fourth-order valence-corrected chi connectivity index (χ4v) is 5.13. The molecule has 0 spiro atoms. The number of allylic oxidation sites excluding steroid dienone is 3. The maximum Gasteiger partial charge on any atom is 0.269 e. The van der Waals surface area contributed by atoms with E-state index in [1.165, 1.54) is 25.0 Å². The molecule has 4 rings (SSSR count). The van der Waals surface area contributed by atoms with Crippen LogP contribution in [-0.4, -0.2) is 10.5 Å². The Balaban J connectivity index is 1.57. The lowest BCUT2D eigenvalue weighted by Gasteiger charge is -2.41. The van der Waals surface area contributed by atoms with Crippen LogP contribution >= 0.6 is 0 Å². The quantitative estimate of drug-likeness (QED) is 0.425. The molecule has 3 aliphatic carbocycles. The van der Waals surface area contributed by atoms with Crippen molar-refractivity contribution in [3.63, 3.8) is 0 Å². The summed E-state index contributed by atoms with van der Waals surface area (Å²) >= 11 is 0. The standard InChI is InChI=1S/C21H25NO3/c1-20(2,25-17-8-6-16(7-9-17)22(23)24)18-10-11-21(3)15-5-4-14(12-15)13-19(18)21/h4-9,13-15,18H,10-12H2,1-3H3/t14-,15+,18-,21+/m0/s1. The van der Waals surface area contributed by atoms with Crippen molar-refractivity contribution in [1.29, 1.82) is 0 Å². The second-order valence-electron chi connectivity index (χ2n) is 8.48. The van der Waals surface area contributed by atoms with Crippen LogP contribution in [0.3, 0.4) is 0 Å².